The number of aryl methyl sites for hydroxylation is 1. The van der Waals surface area contributed by atoms with Crippen LogP contribution in [0.3, 0.4) is 0 Å². The lowest BCUT2D eigenvalue weighted by atomic mass is 10.2. The molecule has 0 saturated carbocycles. The summed E-state index contributed by atoms with van der Waals surface area (Å²) in [6.07, 6.45) is 4.69. The quantitative estimate of drug-likeness (QED) is 0.863. The molecular formula is C12H14BrFN4. The zero-order valence-corrected chi connectivity index (χ0v) is 11.4. The van der Waals surface area contributed by atoms with Crippen molar-refractivity contribution in [2.75, 3.05) is 6.54 Å². The van der Waals surface area contributed by atoms with Crippen LogP contribution >= 0.6 is 15.9 Å². The Morgan fingerprint density at radius 1 is 1.33 bits per heavy atom. The van der Waals surface area contributed by atoms with Crippen LogP contribution in [-0.4, -0.2) is 21.5 Å². The minimum atomic E-state index is -0.283. The van der Waals surface area contributed by atoms with Crippen molar-refractivity contribution in [3.05, 3.63) is 40.4 Å². The van der Waals surface area contributed by atoms with Crippen LogP contribution in [0.2, 0.25) is 0 Å². The SMILES string of the molecule is NCCCCc1cn(-c2ccc(F)cc2Br)nn1. The Balaban J connectivity index is 2.13. The second-order valence-electron chi connectivity index (χ2n) is 4.00. The number of hydrogen-bond acceptors (Lipinski definition) is 3. The van der Waals surface area contributed by atoms with Crippen molar-refractivity contribution >= 4 is 15.9 Å². The molecule has 0 aliphatic rings. The molecule has 1 aromatic heterocycles. The molecule has 0 aliphatic carbocycles. The van der Waals surface area contributed by atoms with Gasteiger partial charge in [-0.25, -0.2) is 9.07 Å². The minimum absolute atomic E-state index is 0.283. The molecular weight excluding hydrogens is 299 g/mol. The molecule has 0 saturated heterocycles. The molecule has 0 fully saturated rings. The molecule has 0 radical (unpaired) electrons. The lowest BCUT2D eigenvalue weighted by Gasteiger charge is -2.02. The summed E-state index contributed by atoms with van der Waals surface area (Å²) in [7, 11) is 0. The Labute approximate surface area is 113 Å². The van der Waals surface area contributed by atoms with Crippen molar-refractivity contribution < 1.29 is 4.39 Å². The largest absolute Gasteiger partial charge is 0.330 e. The number of nitrogens with zero attached hydrogens (tertiary/aromatic N) is 3. The van der Waals surface area contributed by atoms with E-state index in [0.717, 1.165) is 30.6 Å². The highest BCUT2D eigenvalue weighted by molar-refractivity contribution is 9.10. The average Bonchev–Trinajstić information content (AvgIpc) is 2.78. The first kappa shape index (κ1) is 13.2. The summed E-state index contributed by atoms with van der Waals surface area (Å²) in [4.78, 5) is 0. The monoisotopic (exact) mass is 312 g/mol. The molecule has 0 spiro atoms. The Kier molecular flexibility index (Phi) is 4.43. The Bertz CT molecular complexity index is 527. The van der Waals surface area contributed by atoms with Crippen LogP contribution in [0.25, 0.3) is 5.69 Å². The third kappa shape index (κ3) is 3.14. The maximum Gasteiger partial charge on any atom is 0.124 e. The molecule has 6 heteroatoms. The van der Waals surface area contributed by atoms with Gasteiger partial charge in [0.1, 0.15) is 5.82 Å². The number of hydrogen-bond donors (Lipinski definition) is 1. The Hall–Kier alpha value is -1.27. The van der Waals surface area contributed by atoms with Gasteiger partial charge in [-0.1, -0.05) is 5.21 Å². The minimum Gasteiger partial charge on any atom is -0.330 e. The lowest BCUT2D eigenvalue weighted by Crippen LogP contribution is -1.99. The van der Waals surface area contributed by atoms with E-state index in [1.165, 1.54) is 12.1 Å². The van der Waals surface area contributed by atoms with E-state index in [-0.39, 0.29) is 5.82 Å². The number of aromatic nitrogens is 3. The summed E-state index contributed by atoms with van der Waals surface area (Å²) in [5, 5.41) is 8.12. The molecule has 1 heterocycles. The van der Waals surface area contributed by atoms with Gasteiger partial charge in [0, 0.05) is 4.47 Å². The van der Waals surface area contributed by atoms with Gasteiger partial charge in [0.25, 0.3) is 0 Å². The first-order valence-electron chi connectivity index (χ1n) is 5.77. The van der Waals surface area contributed by atoms with Gasteiger partial charge in [0.05, 0.1) is 17.6 Å². The lowest BCUT2D eigenvalue weighted by molar-refractivity contribution is 0.625. The summed E-state index contributed by atoms with van der Waals surface area (Å²) >= 11 is 3.31. The van der Waals surface area contributed by atoms with Gasteiger partial charge in [-0.15, -0.1) is 5.10 Å². The first-order chi connectivity index (χ1) is 8.70. The van der Waals surface area contributed by atoms with Gasteiger partial charge < -0.3 is 5.73 Å². The van der Waals surface area contributed by atoms with E-state index in [1.54, 1.807) is 10.7 Å². The van der Waals surface area contributed by atoms with E-state index in [1.807, 2.05) is 6.20 Å². The molecule has 0 amide bonds. The summed E-state index contributed by atoms with van der Waals surface area (Å²) in [5.74, 6) is -0.283. The van der Waals surface area contributed by atoms with Crippen LogP contribution in [-0.2, 0) is 6.42 Å². The van der Waals surface area contributed by atoms with Crippen molar-refractivity contribution in [3.63, 3.8) is 0 Å². The topological polar surface area (TPSA) is 56.7 Å². The third-order valence-electron chi connectivity index (χ3n) is 2.58. The maximum absolute atomic E-state index is 13.0. The van der Waals surface area contributed by atoms with Crippen LogP contribution in [0.4, 0.5) is 4.39 Å². The fourth-order valence-corrected chi connectivity index (χ4v) is 2.18. The molecule has 1 aromatic carbocycles. The number of halogens is 2. The Morgan fingerprint density at radius 3 is 2.89 bits per heavy atom. The first-order valence-corrected chi connectivity index (χ1v) is 6.56. The molecule has 4 nitrogen and oxygen atoms in total. The summed E-state index contributed by atoms with van der Waals surface area (Å²) in [6.45, 7) is 0.692. The van der Waals surface area contributed by atoms with E-state index in [0.29, 0.717) is 11.0 Å². The standard InChI is InChI=1S/C12H14BrFN4/c13-11-7-9(14)4-5-12(11)18-8-10(16-17-18)3-1-2-6-15/h4-5,7-8H,1-3,6,15H2. The van der Waals surface area contributed by atoms with Gasteiger partial charge in [-0.3, -0.25) is 0 Å². The van der Waals surface area contributed by atoms with Crippen LogP contribution in [0, 0.1) is 5.82 Å². The molecule has 0 bridgehead atoms. The smallest absolute Gasteiger partial charge is 0.124 e. The van der Waals surface area contributed by atoms with Crippen LogP contribution in [0.15, 0.2) is 28.9 Å². The highest BCUT2D eigenvalue weighted by Crippen LogP contribution is 2.21. The molecule has 2 N–H and O–H groups in total. The molecule has 18 heavy (non-hydrogen) atoms. The number of rotatable bonds is 5. The van der Waals surface area contributed by atoms with Crippen molar-refractivity contribution in [3.8, 4) is 5.69 Å². The number of nitrogens with two attached hydrogens (primary N) is 1. The fourth-order valence-electron chi connectivity index (χ4n) is 1.65. The van der Waals surface area contributed by atoms with Crippen LogP contribution < -0.4 is 5.73 Å². The number of unbranched alkanes of at least 4 members (excludes halogenated alkanes) is 1. The summed E-state index contributed by atoms with van der Waals surface area (Å²) < 4.78 is 15.3. The predicted octanol–water partition coefficient (Wildman–Crippen LogP) is 2.45. The van der Waals surface area contributed by atoms with E-state index in [2.05, 4.69) is 26.2 Å². The highest BCUT2D eigenvalue weighted by Gasteiger charge is 2.07. The normalized spacial score (nSPS) is 10.8. The van der Waals surface area contributed by atoms with E-state index < -0.39 is 0 Å². The zero-order chi connectivity index (χ0) is 13.0. The molecule has 2 rings (SSSR count). The zero-order valence-electron chi connectivity index (χ0n) is 9.81. The predicted molar refractivity (Wildman–Crippen MR) is 71.0 cm³/mol. The van der Waals surface area contributed by atoms with E-state index in [4.69, 9.17) is 5.73 Å². The third-order valence-corrected chi connectivity index (χ3v) is 3.22. The fraction of sp³-hybridized carbons (Fsp3) is 0.333. The van der Waals surface area contributed by atoms with Crippen molar-refractivity contribution in [1.82, 2.24) is 15.0 Å². The van der Waals surface area contributed by atoms with Crippen molar-refractivity contribution in [2.45, 2.75) is 19.3 Å². The maximum atomic E-state index is 13.0. The molecule has 0 aliphatic heterocycles. The Morgan fingerprint density at radius 2 is 2.17 bits per heavy atom. The molecule has 96 valence electrons. The van der Waals surface area contributed by atoms with Gasteiger partial charge in [0.15, 0.2) is 0 Å². The van der Waals surface area contributed by atoms with Crippen molar-refractivity contribution in [2.24, 2.45) is 5.73 Å². The van der Waals surface area contributed by atoms with E-state index >= 15 is 0 Å². The second-order valence-corrected chi connectivity index (χ2v) is 4.85. The molecule has 0 atom stereocenters. The summed E-state index contributed by atoms with van der Waals surface area (Å²) in [6, 6.07) is 4.47. The van der Waals surface area contributed by atoms with E-state index in [9.17, 15) is 4.39 Å². The second kappa shape index (κ2) is 6.06. The average molecular weight is 313 g/mol. The molecule has 2 aromatic rings. The molecule has 0 unspecified atom stereocenters. The van der Waals surface area contributed by atoms with Crippen LogP contribution in [0.5, 0.6) is 0 Å². The van der Waals surface area contributed by atoms with Gasteiger partial charge in [-0.05, 0) is 59.9 Å². The van der Waals surface area contributed by atoms with Gasteiger partial charge in [0.2, 0.25) is 0 Å². The van der Waals surface area contributed by atoms with Crippen LogP contribution in [0.1, 0.15) is 18.5 Å². The van der Waals surface area contributed by atoms with Gasteiger partial charge in [-0.2, -0.15) is 0 Å². The van der Waals surface area contributed by atoms with Crippen molar-refractivity contribution in [1.29, 1.82) is 0 Å². The summed E-state index contributed by atoms with van der Waals surface area (Å²) in [5.41, 5.74) is 7.13. The highest BCUT2D eigenvalue weighted by atomic mass is 79.9. The van der Waals surface area contributed by atoms with Gasteiger partial charge >= 0.3 is 0 Å². The number of benzene rings is 1.